The number of benzene rings is 1. The Morgan fingerprint density at radius 2 is 1.62 bits per heavy atom. The van der Waals surface area contributed by atoms with Gasteiger partial charge in [-0.25, -0.2) is 4.79 Å². The number of ether oxygens (including phenoxy) is 2. The molecule has 1 aromatic carbocycles. The van der Waals surface area contributed by atoms with Crippen molar-refractivity contribution < 1.29 is 23.9 Å². The van der Waals surface area contributed by atoms with Gasteiger partial charge in [0.1, 0.15) is 6.61 Å². The predicted molar refractivity (Wildman–Crippen MR) is 113 cm³/mol. The highest BCUT2D eigenvalue weighted by Gasteiger charge is 2.13. The topological polar surface area (TPSA) is 84.9 Å². The second-order valence-electron chi connectivity index (χ2n) is 6.92. The van der Waals surface area contributed by atoms with Gasteiger partial charge in [0, 0.05) is 19.3 Å². The molecule has 0 aliphatic carbocycles. The Morgan fingerprint density at radius 1 is 0.966 bits per heavy atom. The third-order valence-corrected chi connectivity index (χ3v) is 4.35. The van der Waals surface area contributed by atoms with Gasteiger partial charge in [-0.15, -0.1) is 0 Å². The molecule has 1 N–H and O–H groups in total. The summed E-state index contributed by atoms with van der Waals surface area (Å²) in [6.45, 7) is 4.70. The lowest BCUT2D eigenvalue weighted by Crippen LogP contribution is -2.37. The first kappa shape index (κ1) is 24.6. The van der Waals surface area contributed by atoms with Crippen molar-refractivity contribution in [2.24, 2.45) is 0 Å². The zero-order chi connectivity index (χ0) is 21.5. The largest absolute Gasteiger partial charge is 0.462 e. The van der Waals surface area contributed by atoms with Crippen molar-refractivity contribution >= 4 is 23.5 Å². The van der Waals surface area contributed by atoms with E-state index in [1.807, 2.05) is 0 Å². The molecule has 2 amide bonds. The molecular weight excluding hydrogens is 372 g/mol. The van der Waals surface area contributed by atoms with Gasteiger partial charge in [0.15, 0.2) is 0 Å². The molecule has 7 nitrogen and oxygen atoms in total. The molecule has 0 atom stereocenters. The predicted octanol–water partition coefficient (Wildman–Crippen LogP) is 3.64. The van der Waals surface area contributed by atoms with E-state index in [9.17, 15) is 14.4 Å². The molecule has 0 heterocycles. The number of carbonyl (C=O) groups excluding carboxylic acids is 3. The molecule has 0 saturated heterocycles. The number of amides is 2. The van der Waals surface area contributed by atoms with E-state index in [0.29, 0.717) is 24.5 Å². The van der Waals surface area contributed by atoms with Crippen molar-refractivity contribution in [3.8, 4) is 0 Å². The minimum Gasteiger partial charge on any atom is -0.462 e. The molecule has 0 aromatic heterocycles. The number of hydrogen-bond acceptors (Lipinski definition) is 5. The van der Waals surface area contributed by atoms with Crippen LogP contribution in [0.1, 0.15) is 62.7 Å². The molecule has 0 aliphatic rings. The van der Waals surface area contributed by atoms with Crippen LogP contribution in [0.2, 0.25) is 0 Å². The zero-order valence-electron chi connectivity index (χ0n) is 17.9. The molecular formula is C22H34N2O5. The van der Waals surface area contributed by atoms with Crippen LogP contribution in [0.25, 0.3) is 0 Å². The van der Waals surface area contributed by atoms with Gasteiger partial charge in [-0.2, -0.15) is 0 Å². The van der Waals surface area contributed by atoms with Gasteiger partial charge in [0.05, 0.1) is 18.7 Å². The maximum atomic E-state index is 12.1. The van der Waals surface area contributed by atoms with Crippen LogP contribution in [0, 0.1) is 0 Å². The fourth-order valence-corrected chi connectivity index (χ4v) is 2.66. The lowest BCUT2D eigenvalue weighted by atomic mass is 10.1. The summed E-state index contributed by atoms with van der Waals surface area (Å²) in [6, 6.07) is 6.41. The molecule has 0 spiro atoms. The Hall–Kier alpha value is -2.41. The van der Waals surface area contributed by atoms with Crippen LogP contribution in [0.15, 0.2) is 24.3 Å². The van der Waals surface area contributed by atoms with Gasteiger partial charge < -0.3 is 19.7 Å². The first-order valence-corrected chi connectivity index (χ1v) is 10.4. The molecule has 0 saturated carbocycles. The minimum absolute atomic E-state index is 0.0209. The molecule has 0 aliphatic heterocycles. The van der Waals surface area contributed by atoms with Crippen LogP contribution < -0.4 is 5.32 Å². The average Bonchev–Trinajstić information content (AvgIpc) is 2.70. The maximum Gasteiger partial charge on any atom is 0.338 e. The minimum atomic E-state index is -0.406. The fourth-order valence-electron chi connectivity index (χ4n) is 2.66. The summed E-state index contributed by atoms with van der Waals surface area (Å²) >= 11 is 0. The van der Waals surface area contributed by atoms with Gasteiger partial charge in [0.2, 0.25) is 11.8 Å². The third-order valence-electron chi connectivity index (χ3n) is 4.35. The van der Waals surface area contributed by atoms with E-state index in [1.54, 1.807) is 38.2 Å². The van der Waals surface area contributed by atoms with E-state index in [-0.39, 0.29) is 25.0 Å². The van der Waals surface area contributed by atoms with Crippen molar-refractivity contribution in [3.63, 3.8) is 0 Å². The van der Waals surface area contributed by atoms with Crippen molar-refractivity contribution in [2.45, 2.75) is 52.4 Å². The summed E-state index contributed by atoms with van der Waals surface area (Å²) < 4.78 is 10.3. The van der Waals surface area contributed by atoms with Crippen molar-refractivity contribution in [1.29, 1.82) is 0 Å². The molecule has 0 bridgehead atoms. The van der Waals surface area contributed by atoms with Gasteiger partial charge in [-0.05, 0) is 37.6 Å². The van der Waals surface area contributed by atoms with Crippen LogP contribution in [-0.2, 0) is 19.1 Å². The van der Waals surface area contributed by atoms with Gasteiger partial charge >= 0.3 is 5.97 Å². The third kappa shape index (κ3) is 10.6. The number of unbranched alkanes of at least 4 members (excludes halogenated alkanes) is 5. The lowest BCUT2D eigenvalue weighted by Gasteiger charge is -2.17. The Kier molecular flexibility index (Phi) is 12.4. The average molecular weight is 407 g/mol. The van der Waals surface area contributed by atoms with Crippen LogP contribution in [0.5, 0.6) is 0 Å². The summed E-state index contributed by atoms with van der Waals surface area (Å²) in [6.07, 6.45) is 7.00. The molecule has 7 heteroatoms. The molecule has 29 heavy (non-hydrogen) atoms. The molecule has 1 aromatic rings. The summed E-state index contributed by atoms with van der Waals surface area (Å²) in [7, 11) is 1.57. The smallest absolute Gasteiger partial charge is 0.338 e. The van der Waals surface area contributed by atoms with E-state index >= 15 is 0 Å². The van der Waals surface area contributed by atoms with Crippen molar-refractivity contribution in [3.05, 3.63) is 29.8 Å². The number of rotatable bonds is 14. The van der Waals surface area contributed by atoms with Crippen LogP contribution in [0.3, 0.4) is 0 Å². The molecule has 0 fully saturated rings. The SMILES string of the molecule is CCCCCCCCOCC(=O)N(C)CC(=O)Nc1ccc(C(=O)OCC)cc1. The van der Waals surface area contributed by atoms with E-state index in [2.05, 4.69) is 12.2 Å². The monoisotopic (exact) mass is 406 g/mol. The van der Waals surface area contributed by atoms with Gasteiger partial charge in [-0.3, -0.25) is 9.59 Å². The zero-order valence-corrected chi connectivity index (χ0v) is 17.9. The Bertz CT molecular complexity index is 631. The maximum absolute atomic E-state index is 12.1. The number of esters is 1. The first-order chi connectivity index (χ1) is 14.0. The number of likely N-dealkylation sites (N-methyl/N-ethyl adjacent to an activating group) is 1. The van der Waals surface area contributed by atoms with Crippen LogP contribution in [0.4, 0.5) is 5.69 Å². The number of nitrogens with one attached hydrogen (secondary N) is 1. The van der Waals surface area contributed by atoms with Crippen molar-refractivity contribution in [1.82, 2.24) is 4.90 Å². The standard InChI is InChI=1S/C22H34N2O5/c1-4-6-7-8-9-10-15-28-17-21(26)24(3)16-20(25)23-19-13-11-18(12-14-19)22(27)29-5-2/h11-14H,4-10,15-17H2,1-3H3,(H,23,25). The normalized spacial score (nSPS) is 10.4. The highest BCUT2D eigenvalue weighted by Crippen LogP contribution is 2.11. The van der Waals surface area contributed by atoms with E-state index in [1.165, 1.54) is 30.6 Å². The Labute approximate surface area is 173 Å². The fraction of sp³-hybridized carbons (Fsp3) is 0.591. The summed E-state index contributed by atoms with van der Waals surface area (Å²) in [4.78, 5) is 37.1. The molecule has 0 radical (unpaired) electrons. The summed E-state index contributed by atoms with van der Waals surface area (Å²) in [5.74, 6) is -0.957. The molecule has 0 unspecified atom stereocenters. The number of nitrogens with zero attached hydrogens (tertiary/aromatic N) is 1. The second-order valence-corrected chi connectivity index (χ2v) is 6.92. The summed E-state index contributed by atoms with van der Waals surface area (Å²) in [5.41, 5.74) is 0.961. The van der Waals surface area contributed by atoms with Crippen LogP contribution in [-0.4, -0.2) is 56.1 Å². The molecule has 1 rings (SSSR count). The number of carbonyl (C=O) groups is 3. The van der Waals surface area contributed by atoms with Gasteiger partial charge in [-0.1, -0.05) is 39.0 Å². The van der Waals surface area contributed by atoms with Gasteiger partial charge in [0.25, 0.3) is 0 Å². The highest BCUT2D eigenvalue weighted by atomic mass is 16.5. The second kappa shape index (κ2) is 14.6. The van der Waals surface area contributed by atoms with E-state index < -0.39 is 5.97 Å². The van der Waals surface area contributed by atoms with E-state index in [0.717, 1.165) is 12.8 Å². The number of anilines is 1. The Morgan fingerprint density at radius 3 is 2.28 bits per heavy atom. The lowest BCUT2D eigenvalue weighted by molar-refractivity contribution is -0.137. The highest BCUT2D eigenvalue weighted by molar-refractivity contribution is 5.95. The molecule has 162 valence electrons. The number of hydrogen-bond donors (Lipinski definition) is 1. The van der Waals surface area contributed by atoms with Crippen LogP contribution >= 0.6 is 0 Å². The van der Waals surface area contributed by atoms with E-state index in [4.69, 9.17) is 9.47 Å². The Balaban J connectivity index is 2.25. The first-order valence-electron chi connectivity index (χ1n) is 10.4. The quantitative estimate of drug-likeness (QED) is 0.377. The summed E-state index contributed by atoms with van der Waals surface area (Å²) in [5, 5.41) is 2.70. The van der Waals surface area contributed by atoms with Crippen molar-refractivity contribution in [2.75, 3.05) is 38.7 Å².